The molecule has 3 N–H and O–H groups in total. The molecule has 0 heterocycles. The Morgan fingerprint density at radius 2 is 1.53 bits per heavy atom. The van der Waals surface area contributed by atoms with Crippen molar-refractivity contribution in [2.75, 3.05) is 10.6 Å². The molecular formula is C22H17BrN4O3. The molecule has 0 atom stereocenters. The van der Waals surface area contributed by atoms with E-state index in [1.165, 1.54) is 12.3 Å². The van der Waals surface area contributed by atoms with Crippen LogP contribution < -0.4 is 16.1 Å². The largest absolute Gasteiger partial charge is 0.329 e. The Hall–Kier alpha value is -3.78. The lowest BCUT2D eigenvalue weighted by atomic mass is 10.1. The number of nitrogens with one attached hydrogen (secondary N) is 3. The average molecular weight is 465 g/mol. The monoisotopic (exact) mass is 464 g/mol. The van der Waals surface area contributed by atoms with Gasteiger partial charge in [0, 0.05) is 10.2 Å². The molecule has 3 amide bonds. The molecule has 0 aliphatic carbocycles. The smallest absolute Gasteiger partial charge is 0.322 e. The van der Waals surface area contributed by atoms with Crippen molar-refractivity contribution in [3.63, 3.8) is 0 Å². The van der Waals surface area contributed by atoms with Gasteiger partial charge in [0.05, 0.1) is 17.5 Å². The summed E-state index contributed by atoms with van der Waals surface area (Å²) < 4.78 is 0.862. The highest BCUT2D eigenvalue weighted by molar-refractivity contribution is 9.10. The van der Waals surface area contributed by atoms with E-state index in [2.05, 4.69) is 37.1 Å². The van der Waals surface area contributed by atoms with Crippen molar-refractivity contribution in [1.82, 2.24) is 5.43 Å². The minimum atomic E-state index is -0.959. The van der Waals surface area contributed by atoms with E-state index < -0.39 is 17.7 Å². The van der Waals surface area contributed by atoms with E-state index in [9.17, 15) is 14.4 Å². The lowest BCUT2D eigenvalue weighted by Crippen LogP contribution is -2.33. The predicted octanol–water partition coefficient (Wildman–Crippen LogP) is 3.79. The van der Waals surface area contributed by atoms with Gasteiger partial charge in [0.15, 0.2) is 0 Å². The molecule has 0 fully saturated rings. The Balaban J connectivity index is 1.63. The summed E-state index contributed by atoms with van der Waals surface area (Å²) in [6.07, 6.45) is 1.41. The molecule has 0 saturated heterocycles. The van der Waals surface area contributed by atoms with E-state index in [0.717, 1.165) is 10.0 Å². The summed E-state index contributed by atoms with van der Waals surface area (Å²) in [6.45, 7) is 0. The number of benzene rings is 3. The van der Waals surface area contributed by atoms with Crippen molar-refractivity contribution in [2.45, 2.75) is 0 Å². The third-order valence-electron chi connectivity index (χ3n) is 3.89. The first-order valence-corrected chi connectivity index (χ1v) is 9.67. The van der Waals surface area contributed by atoms with Crippen LogP contribution in [0.5, 0.6) is 0 Å². The third kappa shape index (κ3) is 5.86. The summed E-state index contributed by atoms with van der Waals surface area (Å²) in [5.41, 5.74) is 3.95. The molecule has 7 nitrogen and oxygen atoms in total. The molecule has 8 heteroatoms. The highest BCUT2D eigenvalue weighted by atomic mass is 79.9. The Kier molecular flexibility index (Phi) is 7.07. The van der Waals surface area contributed by atoms with Gasteiger partial charge in [-0.05, 0) is 42.0 Å². The maximum Gasteiger partial charge on any atom is 0.329 e. The molecule has 150 valence electrons. The van der Waals surface area contributed by atoms with E-state index in [-0.39, 0.29) is 11.3 Å². The summed E-state index contributed by atoms with van der Waals surface area (Å²) in [5, 5.41) is 8.95. The van der Waals surface area contributed by atoms with Gasteiger partial charge in [0.2, 0.25) is 0 Å². The first kappa shape index (κ1) is 20.9. The van der Waals surface area contributed by atoms with Crippen LogP contribution in [0.1, 0.15) is 15.9 Å². The van der Waals surface area contributed by atoms with Crippen molar-refractivity contribution < 1.29 is 14.4 Å². The second kappa shape index (κ2) is 10.1. The number of rotatable bonds is 5. The van der Waals surface area contributed by atoms with Crippen LogP contribution in [0.4, 0.5) is 11.4 Å². The fourth-order valence-corrected chi connectivity index (χ4v) is 2.91. The molecule has 0 aliphatic rings. The van der Waals surface area contributed by atoms with Gasteiger partial charge in [-0.1, -0.05) is 58.4 Å². The van der Waals surface area contributed by atoms with Gasteiger partial charge in [-0.15, -0.1) is 0 Å². The van der Waals surface area contributed by atoms with Gasteiger partial charge in [0.1, 0.15) is 0 Å². The number of carbonyl (C=O) groups is 3. The first-order chi connectivity index (χ1) is 14.5. The van der Waals surface area contributed by atoms with Crippen LogP contribution in [0.15, 0.2) is 88.4 Å². The Morgan fingerprint density at radius 3 is 2.30 bits per heavy atom. The van der Waals surface area contributed by atoms with Gasteiger partial charge in [0.25, 0.3) is 5.91 Å². The zero-order chi connectivity index (χ0) is 21.3. The van der Waals surface area contributed by atoms with Crippen molar-refractivity contribution in [3.05, 3.63) is 94.5 Å². The van der Waals surface area contributed by atoms with Crippen LogP contribution in [0.3, 0.4) is 0 Å². The number of hydrazone groups is 1. The molecule has 0 spiro atoms. The van der Waals surface area contributed by atoms with Crippen molar-refractivity contribution in [2.24, 2.45) is 5.10 Å². The quantitative estimate of drug-likeness (QED) is 0.304. The van der Waals surface area contributed by atoms with E-state index >= 15 is 0 Å². The van der Waals surface area contributed by atoms with Crippen LogP contribution in [-0.4, -0.2) is 23.9 Å². The van der Waals surface area contributed by atoms with Crippen molar-refractivity contribution in [3.8, 4) is 0 Å². The molecule has 0 bridgehead atoms. The van der Waals surface area contributed by atoms with Crippen LogP contribution in [0.25, 0.3) is 0 Å². The van der Waals surface area contributed by atoms with Gasteiger partial charge in [-0.3, -0.25) is 14.4 Å². The van der Waals surface area contributed by atoms with Gasteiger partial charge >= 0.3 is 11.8 Å². The molecule has 0 unspecified atom stereocenters. The number of hydrogen-bond donors (Lipinski definition) is 3. The number of anilines is 2. The number of nitrogens with zero attached hydrogens (tertiary/aromatic N) is 1. The molecule has 3 aromatic rings. The molecule has 0 aliphatic heterocycles. The minimum Gasteiger partial charge on any atom is -0.322 e. The number of hydrogen-bond acceptors (Lipinski definition) is 4. The van der Waals surface area contributed by atoms with Crippen LogP contribution in [0, 0.1) is 0 Å². The van der Waals surface area contributed by atoms with Crippen LogP contribution in [-0.2, 0) is 9.59 Å². The molecule has 0 saturated carbocycles. The van der Waals surface area contributed by atoms with Gasteiger partial charge in [-0.25, -0.2) is 5.43 Å². The minimum absolute atomic E-state index is 0.210. The predicted molar refractivity (Wildman–Crippen MR) is 119 cm³/mol. The number of halogens is 1. The summed E-state index contributed by atoms with van der Waals surface area (Å²) >= 11 is 3.34. The Bertz CT molecular complexity index is 1100. The standard InChI is InChI=1S/C22H17BrN4O3/c23-16-8-6-7-15(13-16)14-24-27-22(30)21(29)26-19-12-5-4-11-18(19)20(28)25-17-9-2-1-3-10-17/h1-14H,(H,25,28)(H,26,29)(H,27,30)/b24-14-. The Labute approximate surface area is 181 Å². The van der Waals surface area contributed by atoms with E-state index in [1.54, 1.807) is 54.6 Å². The second-order valence-electron chi connectivity index (χ2n) is 6.07. The summed E-state index contributed by atoms with van der Waals surface area (Å²) in [5.74, 6) is -2.31. The SMILES string of the molecule is O=C(N/N=C\c1cccc(Br)c1)C(=O)Nc1ccccc1C(=O)Nc1ccccc1. The molecule has 30 heavy (non-hydrogen) atoms. The lowest BCUT2D eigenvalue weighted by Gasteiger charge is -2.11. The number of para-hydroxylation sites is 2. The number of amides is 3. The highest BCUT2D eigenvalue weighted by Gasteiger charge is 2.17. The van der Waals surface area contributed by atoms with Gasteiger partial charge in [-0.2, -0.15) is 5.10 Å². The zero-order valence-electron chi connectivity index (χ0n) is 15.6. The first-order valence-electron chi connectivity index (χ1n) is 8.88. The maximum absolute atomic E-state index is 12.6. The molecule has 0 aromatic heterocycles. The average Bonchev–Trinajstić information content (AvgIpc) is 2.74. The third-order valence-corrected chi connectivity index (χ3v) is 4.38. The number of carbonyl (C=O) groups excluding carboxylic acids is 3. The molecule has 3 aromatic carbocycles. The molecule has 3 rings (SSSR count). The maximum atomic E-state index is 12.6. The summed E-state index contributed by atoms with van der Waals surface area (Å²) in [4.78, 5) is 36.8. The lowest BCUT2D eigenvalue weighted by molar-refractivity contribution is -0.136. The highest BCUT2D eigenvalue weighted by Crippen LogP contribution is 2.17. The van der Waals surface area contributed by atoms with E-state index in [4.69, 9.17) is 0 Å². The topological polar surface area (TPSA) is 99.7 Å². The van der Waals surface area contributed by atoms with Crippen LogP contribution in [0.2, 0.25) is 0 Å². The fraction of sp³-hybridized carbons (Fsp3) is 0. The second-order valence-corrected chi connectivity index (χ2v) is 6.99. The zero-order valence-corrected chi connectivity index (χ0v) is 17.2. The molecular weight excluding hydrogens is 448 g/mol. The molecule has 0 radical (unpaired) electrons. The van der Waals surface area contributed by atoms with E-state index in [0.29, 0.717) is 5.69 Å². The van der Waals surface area contributed by atoms with Crippen LogP contribution >= 0.6 is 15.9 Å². The fourth-order valence-electron chi connectivity index (χ4n) is 2.49. The van der Waals surface area contributed by atoms with Gasteiger partial charge < -0.3 is 10.6 Å². The van der Waals surface area contributed by atoms with E-state index in [1.807, 2.05) is 18.2 Å². The van der Waals surface area contributed by atoms with Crippen molar-refractivity contribution >= 4 is 51.2 Å². The van der Waals surface area contributed by atoms with Crippen molar-refractivity contribution in [1.29, 1.82) is 0 Å². The normalized spacial score (nSPS) is 10.4. The summed E-state index contributed by atoms with van der Waals surface area (Å²) in [7, 11) is 0. The Morgan fingerprint density at radius 1 is 0.800 bits per heavy atom. The summed E-state index contributed by atoms with van der Waals surface area (Å²) in [6, 6.07) is 22.6.